The van der Waals surface area contributed by atoms with E-state index in [1.54, 1.807) is 6.92 Å². The second-order valence-corrected chi connectivity index (χ2v) is 2.89. The van der Waals surface area contributed by atoms with Crippen molar-refractivity contribution in [3.8, 4) is 0 Å². The van der Waals surface area contributed by atoms with Crippen LogP contribution in [0.3, 0.4) is 0 Å². The molecule has 0 radical (unpaired) electrons. The van der Waals surface area contributed by atoms with Crippen LogP contribution >= 0.6 is 11.3 Å². The van der Waals surface area contributed by atoms with E-state index in [4.69, 9.17) is 5.73 Å². The average Bonchev–Trinajstić information content (AvgIpc) is 2.14. The van der Waals surface area contributed by atoms with Crippen LogP contribution in [0.25, 0.3) is 0 Å². The maximum atomic E-state index is 12.0. The largest absolute Gasteiger partial charge is 0.390 e. The van der Waals surface area contributed by atoms with Crippen molar-refractivity contribution in [3.05, 3.63) is 16.5 Å². The van der Waals surface area contributed by atoms with E-state index >= 15 is 0 Å². The molecular weight excluding hydrogens is 156 g/mol. The van der Waals surface area contributed by atoms with E-state index < -0.39 is 6.43 Å². The number of nitrogens with two attached hydrogens (primary N) is 1. The Labute approximate surface area is 61.5 Å². The van der Waals surface area contributed by atoms with Crippen LogP contribution in [0.4, 0.5) is 13.8 Å². The van der Waals surface area contributed by atoms with Crippen LogP contribution < -0.4 is 5.73 Å². The van der Waals surface area contributed by atoms with Crippen molar-refractivity contribution in [2.75, 3.05) is 5.73 Å². The molecule has 0 aliphatic heterocycles. The Hall–Kier alpha value is -0.640. The van der Waals surface area contributed by atoms with Crippen LogP contribution in [-0.4, -0.2) is 0 Å². The summed E-state index contributed by atoms with van der Waals surface area (Å²) in [6, 6.07) is 0. The molecule has 1 aromatic rings. The molecular formula is C6H7F2NS. The van der Waals surface area contributed by atoms with E-state index in [0.717, 1.165) is 11.3 Å². The molecule has 1 heterocycles. The first-order valence-electron chi connectivity index (χ1n) is 2.74. The highest BCUT2D eigenvalue weighted by molar-refractivity contribution is 7.14. The van der Waals surface area contributed by atoms with Gasteiger partial charge in [-0.3, -0.25) is 0 Å². The highest BCUT2D eigenvalue weighted by Crippen LogP contribution is 2.31. The van der Waals surface area contributed by atoms with Gasteiger partial charge in [0, 0.05) is 10.9 Å². The molecule has 0 saturated heterocycles. The lowest BCUT2D eigenvalue weighted by Gasteiger charge is -1.95. The lowest BCUT2D eigenvalue weighted by molar-refractivity contribution is 0.151. The van der Waals surface area contributed by atoms with Crippen LogP contribution in [0.2, 0.25) is 0 Å². The van der Waals surface area contributed by atoms with Crippen molar-refractivity contribution < 1.29 is 8.78 Å². The third-order valence-electron chi connectivity index (χ3n) is 1.35. The minimum atomic E-state index is -2.39. The highest BCUT2D eigenvalue weighted by atomic mass is 32.1. The predicted molar refractivity (Wildman–Crippen MR) is 38.4 cm³/mol. The lowest BCUT2D eigenvalue weighted by Crippen LogP contribution is -1.87. The van der Waals surface area contributed by atoms with Crippen LogP contribution in [0, 0.1) is 6.92 Å². The highest BCUT2D eigenvalue weighted by Gasteiger charge is 2.13. The zero-order chi connectivity index (χ0) is 7.72. The molecule has 2 N–H and O–H groups in total. The number of thiophene rings is 1. The quantitative estimate of drug-likeness (QED) is 0.676. The van der Waals surface area contributed by atoms with Gasteiger partial charge >= 0.3 is 0 Å². The van der Waals surface area contributed by atoms with E-state index in [-0.39, 0.29) is 5.56 Å². The standard InChI is InChI=1S/C6H7F2NS/c1-3-4(5(7)8)2-10-6(3)9/h2,5H,9H2,1H3. The van der Waals surface area contributed by atoms with Gasteiger partial charge in [-0.1, -0.05) is 0 Å². The fourth-order valence-corrected chi connectivity index (χ4v) is 1.49. The normalized spacial score (nSPS) is 10.8. The van der Waals surface area contributed by atoms with Gasteiger partial charge in [0.25, 0.3) is 6.43 Å². The molecule has 0 atom stereocenters. The predicted octanol–water partition coefficient (Wildman–Crippen LogP) is 2.58. The van der Waals surface area contributed by atoms with Gasteiger partial charge in [0.05, 0.1) is 5.00 Å². The summed E-state index contributed by atoms with van der Waals surface area (Å²) in [4.78, 5) is 0. The van der Waals surface area contributed by atoms with Crippen LogP contribution in [-0.2, 0) is 0 Å². The summed E-state index contributed by atoms with van der Waals surface area (Å²) < 4.78 is 24.0. The maximum absolute atomic E-state index is 12.0. The molecule has 0 aromatic carbocycles. The fourth-order valence-electron chi connectivity index (χ4n) is 0.661. The summed E-state index contributed by atoms with van der Waals surface area (Å²) >= 11 is 1.16. The third-order valence-corrected chi connectivity index (χ3v) is 2.28. The van der Waals surface area contributed by atoms with E-state index in [1.807, 2.05) is 0 Å². The molecule has 0 spiro atoms. The first kappa shape index (κ1) is 7.47. The molecule has 4 heteroatoms. The molecule has 0 fully saturated rings. The molecule has 0 saturated carbocycles. The molecule has 1 aromatic heterocycles. The Morgan fingerprint density at radius 3 is 2.40 bits per heavy atom. The van der Waals surface area contributed by atoms with Gasteiger partial charge in [-0.2, -0.15) is 0 Å². The van der Waals surface area contributed by atoms with Crippen molar-refractivity contribution >= 4 is 16.3 Å². The fraction of sp³-hybridized carbons (Fsp3) is 0.333. The Balaban J connectivity index is 3.05. The van der Waals surface area contributed by atoms with Crippen LogP contribution in [0.15, 0.2) is 5.38 Å². The van der Waals surface area contributed by atoms with Gasteiger partial charge in [0.15, 0.2) is 0 Å². The van der Waals surface area contributed by atoms with Gasteiger partial charge < -0.3 is 5.73 Å². The number of hydrogen-bond acceptors (Lipinski definition) is 2. The monoisotopic (exact) mass is 163 g/mol. The summed E-state index contributed by atoms with van der Waals surface area (Å²) in [5, 5.41) is 1.88. The van der Waals surface area contributed by atoms with Crippen molar-refractivity contribution in [1.82, 2.24) is 0 Å². The van der Waals surface area contributed by atoms with Gasteiger partial charge in [-0.15, -0.1) is 11.3 Å². The summed E-state index contributed by atoms with van der Waals surface area (Å²) in [6.45, 7) is 1.60. The van der Waals surface area contributed by atoms with Gasteiger partial charge in [0.2, 0.25) is 0 Å². The SMILES string of the molecule is Cc1c(C(F)F)csc1N. The minimum Gasteiger partial charge on any atom is -0.390 e. The molecule has 0 amide bonds. The van der Waals surface area contributed by atoms with Crippen molar-refractivity contribution in [3.63, 3.8) is 0 Å². The zero-order valence-corrected chi connectivity index (χ0v) is 6.21. The Morgan fingerprint density at radius 2 is 2.20 bits per heavy atom. The number of halogens is 2. The number of nitrogen functional groups attached to an aromatic ring is 1. The average molecular weight is 163 g/mol. The molecule has 1 nitrogen and oxygen atoms in total. The van der Waals surface area contributed by atoms with Crippen molar-refractivity contribution in [1.29, 1.82) is 0 Å². The van der Waals surface area contributed by atoms with E-state index in [9.17, 15) is 8.78 Å². The van der Waals surface area contributed by atoms with Crippen LogP contribution in [0.5, 0.6) is 0 Å². The molecule has 1 rings (SSSR count). The summed E-state index contributed by atoms with van der Waals surface area (Å²) in [6.07, 6.45) is -2.39. The number of alkyl halides is 2. The summed E-state index contributed by atoms with van der Waals surface area (Å²) in [5.41, 5.74) is 5.94. The maximum Gasteiger partial charge on any atom is 0.264 e. The van der Waals surface area contributed by atoms with Gasteiger partial charge in [-0.25, -0.2) is 8.78 Å². The minimum absolute atomic E-state index is 0.0579. The Morgan fingerprint density at radius 1 is 1.60 bits per heavy atom. The Kier molecular flexibility index (Phi) is 1.89. The van der Waals surface area contributed by atoms with Gasteiger partial charge in [0.1, 0.15) is 0 Å². The Bertz CT molecular complexity index is 232. The second-order valence-electron chi connectivity index (χ2n) is 1.98. The lowest BCUT2D eigenvalue weighted by atomic mass is 10.2. The third kappa shape index (κ3) is 1.11. The molecule has 10 heavy (non-hydrogen) atoms. The van der Waals surface area contributed by atoms with E-state index in [1.165, 1.54) is 5.38 Å². The van der Waals surface area contributed by atoms with E-state index in [2.05, 4.69) is 0 Å². The smallest absolute Gasteiger partial charge is 0.264 e. The molecule has 0 aliphatic rings. The summed E-state index contributed by atoms with van der Waals surface area (Å²) in [5.74, 6) is 0. The summed E-state index contributed by atoms with van der Waals surface area (Å²) in [7, 11) is 0. The number of rotatable bonds is 1. The molecule has 0 unspecified atom stereocenters. The second kappa shape index (κ2) is 2.54. The first-order valence-corrected chi connectivity index (χ1v) is 3.62. The van der Waals surface area contributed by atoms with E-state index in [0.29, 0.717) is 10.6 Å². The van der Waals surface area contributed by atoms with Crippen LogP contribution in [0.1, 0.15) is 17.6 Å². The van der Waals surface area contributed by atoms with Crippen molar-refractivity contribution in [2.45, 2.75) is 13.3 Å². The first-order chi connectivity index (χ1) is 4.63. The topological polar surface area (TPSA) is 26.0 Å². The molecule has 56 valence electrons. The number of hydrogen-bond donors (Lipinski definition) is 1. The molecule has 0 bridgehead atoms. The number of anilines is 1. The molecule has 0 aliphatic carbocycles. The zero-order valence-electron chi connectivity index (χ0n) is 5.40. The van der Waals surface area contributed by atoms with Crippen molar-refractivity contribution in [2.24, 2.45) is 0 Å². The van der Waals surface area contributed by atoms with Gasteiger partial charge in [-0.05, 0) is 12.5 Å².